The molecule has 2 aromatic heterocycles. The minimum Gasteiger partial charge on any atom is -0.461 e. The van der Waals surface area contributed by atoms with Gasteiger partial charge in [-0.3, -0.25) is 4.79 Å². The summed E-state index contributed by atoms with van der Waals surface area (Å²) in [6.07, 6.45) is 1.56. The third-order valence-corrected chi connectivity index (χ3v) is 5.11. The van der Waals surface area contributed by atoms with Crippen LogP contribution in [-0.2, 0) is 12.0 Å². The second-order valence-electron chi connectivity index (χ2n) is 8.62. The van der Waals surface area contributed by atoms with Crippen molar-refractivity contribution in [2.24, 2.45) is 0 Å². The molecule has 2 heterocycles. The molecule has 31 heavy (non-hydrogen) atoms. The van der Waals surface area contributed by atoms with E-state index in [2.05, 4.69) is 48.3 Å². The number of aryl methyl sites for hydroxylation is 1. The fourth-order valence-corrected chi connectivity index (χ4v) is 3.20. The van der Waals surface area contributed by atoms with Crippen molar-refractivity contribution in [2.45, 2.75) is 39.7 Å². The number of hydrogen-bond acceptors (Lipinski definition) is 5. The van der Waals surface area contributed by atoms with Crippen LogP contribution in [0.1, 0.15) is 47.8 Å². The minimum atomic E-state index is -0.253. The number of rotatable bonds is 5. The minimum absolute atomic E-state index is 0.0159. The number of nitrogens with one attached hydrogen (secondary N) is 1. The summed E-state index contributed by atoms with van der Waals surface area (Å²) >= 11 is 0. The molecule has 0 fully saturated rings. The summed E-state index contributed by atoms with van der Waals surface area (Å²) in [5, 5.41) is 7.67. The van der Waals surface area contributed by atoms with Gasteiger partial charge in [-0.05, 0) is 47.7 Å². The first-order chi connectivity index (χ1) is 14.8. The first kappa shape index (κ1) is 20.6. The largest absolute Gasteiger partial charge is 0.461 e. The summed E-state index contributed by atoms with van der Waals surface area (Å²) < 4.78 is 6.73. The van der Waals surface area contributed by atoms with Gasteiger partial charge in [0.15, 0.2) is 5.76 Å². The van der Waals surface area contributed by atoms with Gasteiger partial charge in [0.25, 0.3) is 5.91 Å². The van der Waals surface area contributed by atoms with Gasteiger partial charge in [0.1, 0.15) is 0 Å². The maximum Gasteiger partial charge on any atom is 0.281 e. The first-order valence-corrected chi connectivity index (χ1v) is 10.3. The van der Waals surface area contributed by atoms with Crippen LogP contribution >= 0.6 is 0 Å². The van der Waals surface area contributed by atoms with Crippen LogP contribution in [-0.4, -0.2) is 20.7 Å². The predicted octanol–water partition coefficient (Wildman–Crippen LogP) is 5.44. The summed E-state index contributed by atoms with van der Waals surface area (Å²) in [5.41, 5.74) is 4.00. The van der Waals surface area contributed by atoms with E-state index in [4.69, 9.17) is 4.42 Å². The highest BCUT2D eigenvalue weighted by molar-refractivity contribution is 5.97. The second-order valence-corrected chi connectivity index (χ2v) is 8.62. The molecule has 0 aliphatic carbocycles. The molecule has 4 aromatic rings. The summed E-state index contributed by atoms with van der Waals surface area (Å²) in [6, 6.07) is 19.4. The average Bonchev–Trinajstić information content (AvgIpc) is 3.42. The van der Waals surface area contributed by atoms with E-state index in [0.29, 0.717) is 29.6 Å². The van der Waals surface area contributed by atoms with E-state index in [1.165, 1.54) is 10.2 Å². The molecular formula is C25H26N4O2. The fraction of sp³-hybridized carbons (Fsp3) is 0.240. The van der Waals surface area contributed by atoms with Crippen LogP contribution in [0.3, 0.4) is 0 Å². The molecular weight excluding hydrogens is 388 g/mol. The van der Waals surface area contributed by atoms with E-state index in [1.54, 1.807) is 18.4 Å². The molecule has 0 aliphatic rings. The van der Waals surface area contributed by atoms with E-state index in [1.807, 2.05) is 43.3 Å². The summed E-state index contributed by atoms with van der Waals surface area (Å²) in [6.45, 7) is 9.00. The third-order valence-electron chi connectivity index (χ3n) is 5.11. The average molecular weight is 415 g/mol. The zero-order chi connectivity index (χ0) is 22.0. The van der Waals surface area contributed by atoms with Crippen molar-refractivity contribution < 1.29 is 9.21 Å². The quantitative estimate of drug-likeness (QED) is 0.470. The number of hydrogen-bond donors (Lipinski definition) is 1. The molecule has 6 heteroatoms. The molecule has 0 spiro atoms. The van der Waals surface area contributed by atoms with Crippen molar-refractivity contribution in [1.82, 2.24) is 14.8 Å². The molecule has 0 saturated heterocycles. The normalized spacial score (nSPS) is 11.5. The maximum absolute atomic E-state index is 13.3. The molecule has 0 aliphatic heterocycles. The van der Waals surface area contributed by atoms with E-state index >= 15 is 0 Å². The molecule has 0 radical (unpaired) electrons. The van der Waals surface area contributed by atoms with Crippen LogP contribution in [0.15, 0.2) is 71.3 Å². The molecule has 1 N–H and O–H groups in total. The van der Waals surface area contributed by atoms with Gasteiger partial charge >= 0.3 is 0 Å². The van der Waals surface area contributed by atoms with E-state index < -0.39 is 0 Å². The SMILES string of the molecule is Cc1ccc(CNc2nc(-c3ccco3)nn2C(=O)c2ccc(C(C)(C)C)cc2)cc1. The topological polar surface area (TPSA) is 73.0 Å². The van der Waals surface area contributed by atoms with Gasteiger partial charge in [-0.25, -0.2) is 0 Å². The van der Waals surface area contributed by atoms with Crippen LogP contribution in [0.5, 0.6) is 0 Å². The number of nitrogens with zero attached hydrogens (tertiary/aromatic N) is 3. The fourth-order valence-electron chi connectivity index (χ4n) is 3.20. The third kappa shape index (κ3) is 4.58. The maximum atomic E-state index is 13.3. The highest BCUT2D eigenvalue weighted by Gasteiger charge is 2.21. The van der Waals surface area contributed by atoms with Crippen molar-refractivity contribution in [3.05, 3.63) is 89.2 Å². The molecule has 4 rings (SSSR count). The number of anilines is 1. The molecule has 0 atom stereocenters. The summed E-state index contributed by atoms with van der Waals surface area (Å²) in [7, 11) is 0. The van der Waals surface area contributed by atoms with Crippen LogP contribution in [0, 0.1) is 6.92 Å². The van der Waals surface area contributed by atoms with Gasteiger partial charge in [0.05, 0.1) is 6.26 Å². The van der Waals surface area contributed by atoms with E-state index in [-0.39, 0.29) is 11.3 Å². The molecule has 0 amide bonds. The lowest BCUT2D eigenvalue weighted by molar-refractivity contribution is 0.0947. The Balaban J connectivity index is 1.64. The second kappa shape index (κ2) is 8.22. The molecule has 0 bridgehead atoms. The van der Waals surface area contributed by atoms with Gasteiger partial charge in [-0.2, -0.15) is 9.67 Å². The summed E-state index contributed by atoms with van der Waals surface area (Å²) in [4.78, 5) is 17.8. The summed E-state index contributed by atoms with van der Waals surface area (Å²) in [5.74, 6) is 0.984. The number of carbonyl (C=O) groups excluding carboxylic acids is 1. The van der Waals surface area contributed by atoms with Crippen LogP contribution < -0.4 is 5.32 Å². The van der Waals surface area contributed by atoms with Crippen molar-refractivity contribution in [3.8, 4) is 11.6 Å². The predicted molar refractivity (Wildman–Crippen MR) is 121 cm³/mol. The number of furan rings is 1. The Morgan fingerprint density at radius 1 is 1.03 bits per heavy atom. The lowest BCUT2D eigenvalue weighted by Crippen LogP contribution is -2.18. The Labute approximate surface area is 181 Å². The Bertz CT molecular complexity index is 1170. The molecule has 2 aromatic carbocycles. The molecule has 158 valence electrons. The molecule has 0 saturated carbocycles. The first-order valence-electron chi connectivity index (χ1n) is 10.3. The van der Waals surface area contributed by atoms with Gasteiger partial charge in [0.2, 0.25) is 11.8 Å². The standard InChI is InChI=1S/C25H26N4O2/c1-17-7-9-18(10-8-17)16-26-24-27-22(21-6-5-15-31-21)28-29(24)23(30)19-11-13-20(14-12-19)25(2,3)4/h5-15H,16H2,1-4H3,(H,26,27,28). The van der Waals surface area contributed by atoms with Crippen LogP contribution in [0.25, 0.3) is 11.6 Å². The number of aromatic nitrogens is 3. The Kier molecular flexibility index (Phi) is 5.46. The molecule has 0 unspecified atom stereocenters. The van der Waals surface area contributed by atoms with E-state index in [0.717, 1.165) is 11.1 Å². The number of benzene rings is 2. The molecule has 6 nitrogen and oxygen atoms in total. The van der Waals surface area contributed by atoms with Crippen LogP contribution in [0.4, 0.5) is 5.95 Å². The smallest absolute Gasteiger partial charge is 0.281 e. The van der Waals surface area contributed by atoms with E-state index in [9.17, 15) is 4.79 Å². The van der Waals surface area contributed by atoms with Crippen molar-refractivity contribution >= 4 is 11.9 Å². The Morgan fingerprint density at radius 2 is 1.74 bits per heavy atom. The van der Waals surface area contributed by atoms with Crippen molar-refractivity contribution in [3.63, 3.8) is 0 Å². The van der Waals surface area contributed by atoms with Gasteiger partial charge in [-0.15, -0.1) is 5.10 Å². The highest BCUT2D eigenvalue weighted by Crippen LogP contribution is 2.24. The van der Waals surface area contributed by atoms with Gasteiger partial charge in [0, 0.05) is 12.1 Å². The van der Waals surface area contributed by atoms with Crippen LogP contribution in [0.2, 0.25) is 0 Å². The van der Waals surface area contributed by atoms with Crippen molar-refractivity contribution in [2.75, 3.05) is 5.32 Å². The highest BCUT2D eigenvalue weighted by atomic mass is 16.3. The Morgan fingerprint density at radius 3 is 2.35 bits per heavy atom. The lowest BCUT2D eigenvalue weighted by atomic mass is 9.87. The van der Waals surface area contributed by atoms with Crippen molar-refractivity contribution in [1.29, 1.82) is 0 Å². The Hall–Kier alpha value is -3.67. The monoisotopic (exact) mass is 414 g/mol. The number of carbonyl (C=O) groups is 1. The van der Waals surface area contributed by atoms with Gasteiger partial charge < -0.3 is 9.73 Å². The lowest BCUT2D eigenvalue weighted by Gasteiger charge is -2.19. The zero-order valence-electron chi connectivity index (χ0n) is 18.2. The zero-order valence-corrected chi connectivity index (χ0v) is 18.2. The van der Waals surface area contributed by atoms with Gasteiger partial charge in [-0.1, -0.05) is 62.7 Å².